The molecule has 1 aliphatic carbocycles. The molecule has 1 heterocycles. The van der Waals surface area contributed by atoms with Crippen LogP contribution < -0.4 is 14.5 Å². The molecule has 0 bridgehead atoms. The third kappa shape index (κ3) is 2.25. The summed E-state index contributed by atoms with van der Waals surface area (Å²) < 4.78 is 6.11. The number of hydrogen-bond acceptors (Lipinski definition) is 2. The maximum atomic E-state index is 6.11. The smallest absolute Gasteiger partial charge is 0.136 e. The minimum atomic E-state index is 0.376. The van der Waals surface area contributed by atoms with Crippen molar-refractivity contribution in [3.05, 3.63) is 53.3 Å². The zero-order valence-corrected chi connectivity index (χ0v) is 12.5. The SMILES string of the molecule is CN(C)c1ccc2c(c1)OC1=CC([NH+](C)C)C=CC1=C2. The van der Waals surface area contributed by atoms with Gasteiger partial charge in [0, 0.05) is 43.1 Å². The third-order valence-corrected chi connectivity index (χ3v) is 3.81. The topological polar surface area (TPSA) is 16.9 Å². The van der Waals surface area contributed by atoms with Crippen molar-refractivity contribution in [2.24, 2.45) is 0 Å². The standard InChI is InChI=1S/C17H20N2O/c1-18(2)14-7-5-12-9-13-6-8-15(19(3)4)11-17(13)20-16(12)10-14/h5-11,14H,1-4H3/p+1. The zero-order valence-electron chi connectivity index (χ0n) is 12.5. The van der Waals surface area contributed by atoms with Gasteiger partial charge in [0.2, 0.25) is 0 Å². The summed E-state index contributed by atoms with van der Waals surface area (Å²) >= 11 is 0. The van der Waals surface area contributed by atoms with Crippen LogP contribution in [-0.2, 0) is 0 Å². The number of allylic oxidation sites excluding steroid dienone is 1. The van der Waals surface area contributed by atoms with Crippen LogP contribution in [0.4, 0.5) is 5.69 Å². The minimum Gasteiger partial charge on any atom is -0.456 e. The number of quaternary nitrogens is 1. The fourth-order valence-corrected chi connectivity index (χ4v) is 2.47. The molecule has 20 heavy (non-hydrogen) atoms. The van der Waals surface area contributed by atoms with Crippen LogP contribution in [0.3, 0.4) is 0 Å². The first-order valence-corrected chi connectivity index (χ1v) is 6.96. The first-order chi connectivity index (χ1) is 9.54. The molecule has 2 aliphatic rings. The van der Waals surface area contributed by atoms with E-state index in [0.29, 0.717) is 6.04 Å². The van der Waals surface area contributed by atoms with E-state index in [-0.39, 0.29) is 0 Å². The number of rotatable bonds is 2. The van der Waals surface area contributed by atoms with Crippen molar-refractivity contribution in [1.82, 2.24) is 0 Å². The minimum absolute atomic E-state index is 0.376. The van der Waals surface area contributed by atoms with E-state index in [1.807, 2.05) is 14.1 Å². The Morgan fingerprint density at radius 2 is 2.00 bits per heavy atom. The Bertz CT molecular complexity index is 624. The van der Waals surface area contributed by atoms with E-state index in [0.717, 1.165) is 28.3 Å². The number of nitrogens with one attached hydrogen (secondary N) is 1. The second-order valence-electron chi connectivity index (χ2n) is 5.81. The van der Waals surface area contributed by atoms with Gasteiger partial charge in [0.05, 0.1) is 14.1 Å². The third-order valence-electron chi connectivity index (χ3n) is 3.81. The Morgan fingerprint density at radius 1 is 1.20 bits per heavy atom. The van der Waals surface area contributed by atoms with Crippen LogP contribution in [0.1, 0.15) is 5.56 Å². The summed E-state index contributed by atoms with van der Waals surface area (Å²) in [4.78, 5) is 3.47. The van der Waals surface area contributed by atoms with Gasteiger partial charge in [0.25, 0.3) is 0 Å². The van der Waals surface area contributed by atoms with Gasteiger partial charge in [-0.15, -0.1) is 0 Å². The maximum absolute atomic E-state index is 6.11. The average Bonchev–Trinajstić information content (AvgIpc) is 2.43. The molecule has 0 amide bonds. The quantitative estimate of drug-likeness (QED) is 0.876. The molecule has 1 aromatic rings. The predicted octanol–water partition coefficient (Wildman–Crippen LogP) is 1.50. The summed E-state index contributed by atoms with van der Waals surface area (Å²) in [7, 11) is 8.39. The van der Waals surface area contributed by atoms with Crippen molar-refractivity contribution in [2.75, 3.05) is 33.1 Å². The molecule has 3 nitrogen and oxygen atoms in total. The molecule has 0 saturated carbocycles. The molecular formula is C17H21N2O+. The Labute approximate surface area is 120 Å². The molecule has 0 aromatic heterocycles. The van der Waals surface area contributed by atoms with Gasteiger partial charge in [0.1, 0.15) is 17.6 Å². The van der Waals surface area contributed by atoms with E-state index < -0.39 is 0 Å². The molecule has 0 spiro atoms. The average molecular weight is 269 g/mol. The van der Waals surface area contributed by atoms with E-state index in [4.69, 9.17) is 4.74 Å². The van der Waals surface area contributed by atoms with Crippen molar-refractivity contribution >= 4 is 11.8 Å². The molecular weight excluding hydrogens is 248 g/mol. The molecule has 3 rings (SSSR count). The fourth-order valence-electron chi connectivity index (χ4n) is 2.47. The molecule has 1 aromatic carbocycles. The molecule has 0 radical (unpaired) electrons. The normalized spacial score (nSPS) is 19.8. The Kier molecular flexibility index (Phi) is 3.14. The summed E-state index contributed by atoms with van der Waals surface area (Å²) in [6, 6.07) is 6.71. The molecule has 0 saturated heterocycles. The highest BCUT2D eigenvalue weighted by atomic mass is 16.5. The lowest BCUT2D eigenvalue weighted by molar-refractivity contribution is -0.871. The van der Waals surface area contributed by atoms with Crippen LogP contribution in [-0.4, -0.2) is 34.2 Å². The Balaban J connectivity index is 1.99. The number of fused-ring (bicyclic) bond motifs is 2. The lowest BCUT2D eigenvalue weighted by Gasteiger charge is -2.25. The van der Waals surface area contributed by atoms with Gasteiger partial charge in [-0.2, -0.15) is 0 Å². The van der Waals surface area contributed by atoms with E-state index in [1.165, 1.54) is 4.90 Å². The van der Waals surface area contributed by atoms with Crippen molar-refractivity contribution in [3.63, 3.8) is 0 Å². The highest BCUT2D eigenvalue weighted by molar-refractivity contribution is 5.72. The van der Waals surface area contributed by atoms with Crippen LogP contribution in [0.25, 0.3) is 6.08 Å². The van der Waals surface area contributed by atoms with Gasteiger partial charge in [-0.3, -0.25) is 0 Å². The molecule has 3 heteroatoms. The summed E-state index contributed by atoms with van der Waals surface area (Å²) in [5, 5.41) is 0. The molecule has 1 N–H and O–H groups in total. The summed E-state index contributed by atoms with van der Waals surface area (Å²) in [5.74, 6) is 1.91. The van der Waals surface area contributed by atoms with Crippen LogP contribution in [0.2, 0.25) is 0 Å². The van der Waals surface area contributed by atoms with Crippen molar-refractivity contribution < 1.29 is 9.64 Å². The number of hydrogen-bond donors (Lipinski definition) is 1. The van der Waals surface area contributed by atoms with Gasteiger partial charge in [-0.1, -0.05) is 0 Å². The van der Waals surface area contributed by atoms with E-state index in [2.05, 4.69) is 61.5 Å². The Morgan fingerprint density at radius 3 is 2.70 bits per heavy atom. The monoisotopic (exact) mass is 269 g/mol. The molecule has 1 atom stereocenters. The lowest BCUT2D eigenvalue weighted by Crippen LogP contribution is -3.09. The van der Waals surface area contributed by atoms with Crippen LogP contribution >= 0.6 is 0 Å². The number of anilines is 1. The van der Waals surface area contributed by atoms with Gasteiger partial charge >= 0.3 is 0 Å². The Hall–Kier alpha value is -2.00. The van der Waals surface area contributed by atoms with Crippen molar-refractivity contribution in [3.8, 4) is 5.75 Å². The molecule has 0 fully saturated rings. The summed E-state index contributed by atoms with van der Waals surface area (Å²) in [6.07, 6.45) is 8.79. The van der Waals surface area contributed by atoms with E-state index in [1.54, 1.807) is 0 Å². The lowest BCUT2D eigenvalue weighted by atomic mass is 9.98. The molecule has 1 unspecified atom stereocenters. The summed E-state index contributed by atoms with van der Waals surface area (Å²) in [5.41, 5.74) is 3.46. The highest BCUT2D eigenvalue weighted by Gasteiger charge is 2.22. The molecule has 1 aliphatic heterocycles. The first-order valence-electron chi connectivity index (χ1n) is 6.96. The second-order valence-corrected chi connectivity index (χ2v) is 5.81. The van der Waals surface area contributed by atoms with E-state index >= 15 is 0 Å². The van der Waals surface area contributed by atoms with Gasteiger partial charge in [0.15, 0.2) is 0 Å². The number of ether oxygens (including phenoxy) is 1. The van der Waals surface area contributed by atoms with Gasteiger partial charge in [-0.05, 0) is 30.4 Å². The van der Waals surface area contributed by atoms with Crippen molar-refractivity contribution in [1.29, 1.82) is 0 Å². The number of likely N-dealkylation sites (N-methyl/N-ethyl adjacent to an activating group) is 1. The first kappa shape index (κ1) is 13.0. The maximum Gasteiger partial charge on any atom is 0.136 e. The van der Waals surface area contributed by atoms with Crippen LogP contribution in [0, 0.1) is 0 Å². The van der Waals surface area contributed by atoms with Crippen LogP contribution in [0.5, 0.6) is 5.75 Å². The number of nitrogens with zero attached hydrogens (tertiary/aromatic N) is 1. The van der Waals surface area contributed by atoms with E-state index in [9.17, 15) is 0 Å². The van der Waals surface area contributed by atoms with Gasteiger partial charge in [-0.25, -0.2) is 0 Å². The fraction of sp³-hybridized carbons (Fsp3) is 0.294. The molecule has 104 valence electrons. The second kappa shape index (κ2) is 4.84. The highest BCUT2D eigenvalue weighted by Crippen LogP contribution is 2.35. The predicted molar refractivity (Wildman–Crippen MR) is 83.2 cm³/mol. The number of benzene rings is 1. The zero-order chi connectivity index (χ0) is 14.3. The summed E-state index contributed by atoms with van der Waals surface area (Å²) in [6.45, 7) is 0. The largest absolute Gasteiger partial charge is 0.456 e. The van der Waals surface area contributed by atoms with Crippen LogP contribution in [0.15, 0.2) is 47.8 Å². The van der Waals surface area contributed by atoms with Crippen molar-refractivity contribution in [2.45, 2.75) is 6.04 Å². The van der Waals surface area contributed by atoms with Gasteiger partial charge < -0.3 is 14.5 Å².